The minimum atomic E-state index is -0.401. The molecule has 1 N–H and O–H groups in total. The van der Waals surface area contributed by atoms with Crippen molar-refractivity contribution >= 4 is 27.8 Å². The Morgan fingerprint density at radius 1 is 1.12 bits per heavy atom. The molecule has 3 rings (SSSR count). The van der Waals surface area contributed by atoms with E-state index in [1.165, 1.54) is 11.1 Å². The molecule has 25 heavy (non-hydrogen) atoms. The zero-order valence-electron chi connectivity index (χ0n) is 13.8. The van der Waals surface area contributed by atoms with E-state index in [1.807, 2.05) is 36.4 Å². The highest BCUT2D eigenvalue weighted by Crippen LogP contribution is 2.29. The predicted molar refractivity (Wildman–Crippen MR) is 99.1 cm³/mol. The number of aryl methyl sites for hydroxylation is 1. The number of carbonyl (C=O) groups is 2. The van der Waals surface area contributed by atoms with Gasteiger partial charge >= 0.3 is 5.97 Å². The van der Waals surface area contributed by atoms with Gasteiger partial charge in [0.2, 0.25) is 0 Å². The third-order valence-corrected chi connectivity index (χ3v) is 4.86. The lowest BCUT2D eigenvalue weighted by molar-refractivity contribution is -0.148. The van der Waals surface area contributed by atoms with Crippen LogP contribution in [0.25, 0.3) is 0 Å². The second-order valence-corrected chi connectivity index (χ2v) is 7.09. The van der Waals surface area contributed by atoms with E-state index in [0.29, 0.717) is 0 Å². The van der Waals surface area contributed by atoms with Crippen LogP contribution < -0.4 is 5.32 Å². The maximum absolute atomic E-state index is 12.1. The Balaban J connectivity index is 1.48. The fourth-order valence-electron chi connectivity index (χ4n) is 3.11. The molecule has 2 aromatic rings. The summed E-state index contributed by atoms with van der Waals surface area (Å²) in [4.78, 5) is 24.0. The van der Waals surface area contributed by atoms with Crippen LogP contribution in [0.1, 0.15) is 35.6 Å². The molecule has 1 aliphatic carbocycles. The number of hydrogen-bond donors (Lipinski definition) is 1. The van der Waals surface area contributed by atoms with Gasteiger partial charge in [-0.3, -0.25) is 9.59 Å². The van der Waals surface area contributed by atoms with Crippen molar-refractivity contribution in [3.05, 3.63) is 69.7 Å². The van der Waals surface area contributed by atoms with E-state index in [1.54, 1.807) is 0 Å². The minimum Gasteiger partial charge on any atom is -0.455 e. The zero-order chi connectivity index (χ0) is 17.6. The molecule has 0 saturated heterocycles. The van der Waals surface area contributed by atoms with E-state index in [2.05, 4.69) is 33.4 Å². The molecule has 0 unspecified atom stereocenters. The molecule has 0 aromatic heterocycles. The van der Waals surface area contributed by atoms with Gasteiger partial charge in [0.1, 0.15) is 0 Å². The topological polar surface area (TPSA) is 55.4 Å². The van der Waals surface area contributed by atoms with Crippen molar-refractivity contribution in [2.75, 3.05) is 6.61 Å². The molecule has 0 heterocycles. The minimum absolute atomic E-state index is 0.00243. The molecule has 4 nitrogen and oxygen atoms in total. The van der Waals surface area contributed by atoms with Crippen molar-refractivity contribution in [2.45, 2.75) is 31.7 Å². The summed E-state index contributed by atoms with van der Waals surface area (Å²) in [7, 11) is 0. The van der Waals surface area contributed by atoms with Gasteiger partial charge in [0.05, 0.1) is 12.5 Å². The van der Waals surface area contributed by atoms with Crippen molar-refractivity contribution in [1.29, 1.82) is 0 Å². The number of ether oxygens (including phenoxy) is 1. The number of benzene rings is 2. The van der Waals surface area contributed by atoms with Gasteiger partial charge in [-0.15, -0.1) is 0 Å². The number of nitrogens with one attached hydrogen (secondary N) is 1. The highest BCUT2D eigenvalue weighted by molar-refractivity contribution is 9.10. The second-order valence-electron chi connectivity index (χ2n) is 6.18. The van der Waals surface area contributed by atoms with Crippen LogP contribution in [-0.2, 0) is 27.2 Å². The van der Waals surface area contributed by atoms with E-state index in [4.69, 9.17) is 4.74 Å². The molecule has 0 radical (unpaired) electrons. The summed E-state index contributed by atoms with van der Waals surface area (Å²) in [5, 5.41) is 2.98. The van der Waals surface area contributed by atoms with Gasteiger partial charge in [0, 0.05) is 4.47 Å². The summed E-state index contributed by atoms with van der Waals surface area (Å²) in [6.45, 7) is -0.242. The smallest absolute Gasteiger partial charge is 0.310 e. The fourth-order valence-corrected chi connectivity index (χ4v) is 3.37. The monoisotopic (exact) mass is 401 g/mol. The standard InChI is InChI=1S/C20H20BrNO3/c21-16-10-8-14(9-11-16)12-20(24)25-13-19(23)22-18-7-3-5-15-4-1-2-6-17(15)18/h1-2,4,6,8-11,18H,3,5,7,12-13H2,(H,22,23)/t18-/m1/s1. The van der Waals surface area contributed by atoms with Crippen LogP contribution in [0.5, 0.6) is 0 Å². The molecule has 1 amide bonds. The largest absolute Gasteiger partial charge is 0.455 e. The average molecular weight is 402 g/mol. The van der Waals surface area contributed by atoms with Crippen LogP contribution in [0.3, 0.4) is 0 Å². The van der Waals surface area contributed by atoms with Crippen molar-refractivity contribution in [3.8, 4) is 0 Å². The first kappa shape index (κ1) is 17.7. The van der Waals surface area contributed by atoms with Crippen LogP contribution in [0.15, 0.2) is 53.0 Å². The molecule has 0 aliphatic heterocycles. The van der Waals surface area contributed by atoms with Crippen LogP contribution in [0.2, 0.25) is 0 Å². The Bertz CT molecular complexity index is 758. The number of halogens is 1. The first-order chi connectivity index (χ1) is 12.1. The SMILES string of the molecule is O=C(COC(=O)Cc1ccc(Br)cc1)N[C@@H]1CCCc2ccccc21. The molecule has 0 bridgehead atoms. The Labute approximate surface area is 155 Å². The van der Waals surface area contributed by atoms with Gasteiger partial charge in [-0.1, -0.05) is 52.3 Å². The van der Waals surface area contributed by atoms with Crippen molar-refractivity contribution in [1.82, 2.24) is 5.32 Å². The van der Waals surface area contributed by atoms with Crippen LogP contribution in [-0.4, -0.2) is 18.5 Å². The van der Waals surface area contributed by atoms with Gasteiger partial charge in [-0.25, -0.2) is 0 Å². The quantitative estimate of drug-likeness (QED) is 0.776. The maximum atomic E-state index is 12.1. The number of carbonyl (C=O) groups excluding carboxylic acids is 2. The fraction of sp³-hybridized carbons (Fsp3) is 0.300. The van der Waals surface area contributed by atoms with E-state index in [9.17, 15) is 9.59 Å². The number of rotatable bonds is 5. The Morgan fingerprint density at radius 3 is 2.68 bits per heavy atom. The summed E-state index contributed by atoms with van der Waals surface area (Å²) in [5.74, 6) is -0.660. The number of fused-ring (bicyclic) bond motifs is 1. The molecular formula is C20H20BrNO3. The summed E-state index contributed by atoms with van der Waals surface area (Å²) in [5.41, 5.74) is 3.31. The highest BCUT2D eigenvalue weighted by atomic mass is 79.9. The second kappa shape index (κ2) is 8.30. The van der Waals surface area contributed by atoms with E-state index in [0.717, 1.165) is 29.3 Å². The first-order valence-corrected chi connectivity index (χ1v) is 9.18. The normalized spacial score (nSPS) is 16.0. The molecule has 0 saturated carbocycles. The lowest BCUT2D eigenvalue weighted by Crippen LogP contribution is -2.34. The van der Waals surface area contributed by atoms with E-state index < -0.39 is 5.97 Å². The average Bonchev–Trinajstić information content (AvgIpc) is 2.62. The third kappa shape index (κ3) is 4.92. The van der Waals surface area contributed by atoms with Crippen molar-refractivity contribution in [3.63, 3.8) is 0 Å². The van der Waals surface area contributed by atoms with Crippen LogP contribution in [0, 0.1) is 0 Å². The van der Waals surface area contributed by atoms with Gasteiger partial charge < -0.3 is 10.1 Å². The first-order valence-electron chi connectivity index (χ1n) is 8.39. The highest BCUT2D eigenvalue weighted by Gasteiger charge is 2.21. The van der Waals surface area contributed by atoms with Crippen LogP contribution >= 0.6 is 15.9 Å². The number of hydrogen-bond acceptors (Lipinski definition) is 3. The molecule has 130 valence electrons. The van der Waals surface area contributed by atoms with Gasteiger partial charge in [0.15, 0.2) is 6.61 Å². The van der Waals surface area contributed by atoms with Crippen molar-refractivity contribution in [2.24, 2.45) is 0 Å². The summed E-state index contributed by atoms with van der Waals surface area (Å²) in [6.07, 6.45) is 3.17. The predicted octanol–water partition coefficient (Wildman–Crippen LogP) is 3.73. The maximum Gasteiger partial charge on any atom is 0.310 e. The van der Waals surface area contributed by atoms with Gasteiger partial charge in [-0.05, 0) is 48.1 Å². The molecule has 1 aliphatic rings. The Kier molecular flexibility index (Phi) is 5.87. The van der Waals surface area contributed by atoms with Gasteiger partial charge in [-0.2, -0.15) is 0 Å². The molecule has 5 heteroatoms. The molecule has 0 fully saturated rings. The Morgan fingerprint density at radius 2 is 1.88 bits per heavy atom. The summed E-state index contributed by atoms with van der Waals surface area (Å²) >= 11 is 3.35. The summed E-state index contributed by atoms with van der Waals surface area (Å²) < 4.78 is 6.06. The lowest BCUT2D eigenvalue weighted by Gasteiger charge is -2.26. The Hall–Kier alpha value is -2.14. The van der Waals surface area contributed by atoms with Crippen LogP contribution in [0.4, 0.5) is 0 Å². The molecule has 1 atom stereocenters. The third-order valence-electron chi connectivity index (χ3n) is 4.33. The molecular weight excluding hydrogens is 382 g/mol. The van der Waals surface area contributed by atoms with E-state index >= 15 is 0 Å². The van der Waals surface area contributed by atoms with E-state index in [-0.39, 0.29) is 25.0 Å². The number of amides is 1. The zero-order valence-corrected chi connectivity index (χ0v) is 15.4. The van der Waals surface area contributed by atoms with Crippen molar-refractivity contribution < 1.29 is 14.3 Å². The number of esters is 1. The van der Waals surface area contributed by atoms with Gasteiger partial charge in [0.25, 0.3) is 5.91 Å². The lowest BCUT2D eigenvalue weighted by atomic mass is 9.88. The molecule has 2 aromatic carbocycles. The molecule has 0 spiro atoms. The summed E-state index contributed by atoms with van der Waals surface area (Å²) in [6, 6.07) is 15.6.